The standard InChI is InChI=1S/C39H40N6O3/c1-27(40)41-34(46)23-25-44-35(42(2)32-21-19-28-13-9-11-15-30(28)38(32)44)17-7-5-4-6-8-18-36-43(3)33-22-20-29-14-10-12-16-31(29)39(33)45(36)26-24-37(47)48/h4-22,27H,23-26,40H2,1-3H3,(H-,41,46,47,48)/p+1. The topological polar surface area (TPSA) is 108 Å². The molecule has 9 heteroatoms. The summed E-state index contributed by atoms with van der Waals surface area (Å²) in [5, 5.41) is 16.7. The van der Waals surface area contributed by atoms with Crippen LogP contribution in [0, 0.1) is 0 Å². The number of anilines is 2. The van der Waals surface area contributed by atoms with Crippen molar-refractivity contribution >= 4 is 61.9 Å². The van der Waals surface area contributed by atoms with E-state index in [0.29, 0.717) is 19.5 Å². The monoisotopic (exact) mass is 641 g/mol. The molecule has 2 heterocycles. The third kappa shape index (κ3) is 6.45. The molecule has 0 saturated carbocycles. The van der Waals surface area contributed by atoms with Crippen molar-refractivity contribution in [3.63, 3.8) is 0 Å². The molecule has 1 atom stereocenters. The van der Waals surface area contributed by atoms with Crippen molar-refractivity contribution in [2.24, 2.45) is 12.8 Å². The van der Waals surface area contributed by atoms with Crippen molar-refractivity contribution in [3.8, 4) is 0 Å². The Kier molecular flexibility index (Phi) is 9.40. The highest BCUT2D eigenvalue weighted by molar-refractivity contribution is 6.05. The van der Waals surface area contributed by atoms with Gasteiger partial charge in [0, 0.05) is 36.9 Å². The third-order valence-corrected chi connectivity index (χ3v) is 8.70. The summed E-state index contributed by atoms with van der Waals surface area (Å²) in [6, 6.07) is 24.9. The third-order valence-electron chi connectivity index (χ3n) is 8.70. The van der Waals surface area contributed by atoms with Crippen LogP contribution in [0.3, 0.4) is 0 Å². The van der Waals surface area contributed by atoms with Crippen molar-refractivity contribution < 1.29 is 19.3 Å². The van der Waals surface area contributed by atoms with Crippen molar-refractivity contribution in [1.82, 2.24) is 9.88 Å². The number of carbonyl (C=O) groups is 2. The average Bonchev–Trinajstić information content (AvgIpc) is 3.51. The van der Waals surface area contributed by atoms with Crippen molar-refractivity contribution in [1.29, 1.82) is 0 Å². The van der Waals surface area contributed by atoms with E-state index in [1.54, 1.807) is 6.92 Å². The van der Waals surface area contributed by atoms with Crippen molar-refractivity contribution in [2.75, 3.05) is 23.4 Å². The number of benzene rings is 4. The van der Waals surface area contributed by atoms with Crippen LogP contribution in [0.25, 0.3) is 38.7 Å². The molecule has 1 aliphatic rings. The molecule has 244 valence electrons. The van der Waals surface area contributed by atoms with Gasteiger partial charge in [0.1, 0.15) is 12.4 Å². The first-order valence-electron chi connectivity index (χ1n) is 16.2. The second-order valence-electron chi connectivity index (χ2n) is 12.0. The zero-order valence-corrected chi connectivity index (χ0v) is 27.5. The number of rotatable bonds is 11. The van der Waals surface area contributed by atoms with Crippen LogP contribution in [-0.4, -0.2) is 41.3 Å². The Morgan fingerprint density at radius 1 is 0.875 bits per heavy atom. The minimum absolute atomic E-state index is 0.0308. The fourth-order valence-electron chi connectivity index (χ4n) is 6.51. The van der Waals surface area contributed by atoms with Crippen LogP contribution in [0.5, 0.6) is 0 Å². The molecule has 9 nitrogen and oxygen atoms in total. The van der Waals surface area contributed by atoms with Gasteiger partial charge in [-0.25, -0.2) is 9.13 Å². The second-order valence-corrected chi connectivity index (χ2v) is 12.0. The molecule has 0 aliphatic carbocycles. The molecule has 1 unspecified atom stereocenters. The number of hydrogen-bond acceptors (Lipinski definition) is 5. The highest BCUT2D eigenvalue weighted by Gasteiger charge is 2.30. The maximum absolute atomic E-state index is 12.5. The van der Waals surface area contributed by atoms with Gasteiger partial charge in [0.2, 0.25) is 5.91 Å². The minimum Gasteiger partial charge on any atom is -0.481 e. The van der Waals surface area contributed by atoms with Crippen molar-refractivity contribution in [2.45, 2.75) is 32.5 Å². The van der Waals surface area contributed by atoms with E-state index in [9.17, 15) is 14.7 Å². The molecule has 1 amide bonds. The van der Waals surface area contributed by atoms with Crippen LogP contribution in [0.2, 0.25) is 0 Å². The molecule has 6 rings (SSSR count). The number of amides is 1. The SMILES string of the molecule is CC(N)NC(=O)CCN1\C(=C/C=C/C=C/C=C/c2n(C)c3ccc4ccccc4c3[n+]2CCC(=O)O)N(C)c2ccc3ccccc3c21. The fourth-order valence-corrected chi connectivity index (χ4v) is 6.51. The van der Waals surface area contributed by atoms with E-state index in [-0.39, 0.29) is 12.3 Å². The van der Waals surface area contributed by atoms with E-state index < -0.39 is 12.1 Å². The fraction of sp³-hybridized carbons (Fsp3) is 0.205. The molecule has 48 heavy (non-hydrogen) atoms. The summed E-state index contributed by atoms with van der Waals surface area (Å²) < 4.78 is 4.20. The van der Waals surface area contributed by atoms with Gasteiger partial charge in [-0.15, -0.1) is 0 Å². The molecule has 4 N–H and O–H groups in total. The molecule has 0 fully saturated rings. The molecule has 1 aliphatic heterocycles. The highest BCUT2D eigenvalue weighted by atomic mass is 16.4. The van der Waals surface area contributed by atoms with E-state index in [1.165, 1.54) is 0 Å². The Morgan fingerprint density at radius 2 is 1.54 bits per heavy atom. The normalized spacial score (nSPS) is 14.9. The summed E-state index contributed by atoms with van der Waals surface area (Å²) in [4.78, 5) is 28.4. The lowest BCUT2D eigenvalue weighted by atomic mass is 10.1. The number of carboxylic acid groups (broad SMARTS) is 1. The van der Waals surface area contributed by atoms with Crippen LogP contribution >= 0.6 is 0 Å². The summed E-state index contributed by atoms with van der Waals surface area (Å²) in [5.41, 5.74) is 10.0. The molecular weight excluding hydrogens is 600 g/mol. The Hall–Kier alpha value is -5.67. The summed E-state index contributed by atoms with van der Waals surface area (Å²) in [6.45, 7) is 2.63. The average molecular weight is 642 g/mol. The summed E-state index contributed by atoms with van der Waals surface area (Å²) in [6.07, 6.45) is 13.9. The van der Waals surface area contributed by atoms with Gasteiger partial charge in [-0.1, -0.05) is 78.9 Å². The van der Waals surface area contributed by atoms with E-state index in [1.807, 2.05) is 74.8 Å². The predicted octanol–water partition coefficient (Wildman–Crippen LogP) is 5.98. The first-order valence-corrected chi connectivity index (χ1v) is 16.2. The molecular formula is C39H41N6O3+. The molecule has 0 bridgehead atoms. The number of carboxylic acids is 1. The van der Waals surface area contributed by atoms with Gasteiger partial charge in [0.05, 0.1) is 31.0 Å². The van der Waals surface area contributed by atoms with E-state index in [4.69, 9.17) is 5.73 Å². The van der Waals surface area contributed by atoms with Gasteiger partial charge in [-0.05, 0) is 48.0 Å². The lowest BCUT2D eigenvalue weighted by Crippen LogP contribution is -2.40. The van der Waals surface area contributed by atoms with Gasteiger partial charge in [0.15, 0.2) is 11.0 Å². The first kappa shape index (κ1) is 32.3. The smallest absolute Gasteiger partial charge is 0.307 e. The number of allylic oxidation sites excluding steroid dienone is 6. The van der Waals surface area contributed by atoms with Crippen LogP contribution in [0.15, 0.2) is 115 Å². The summed E-state index contributed by atoms with van der Waals surface area (Å²) >= 11 is 0. The molecule has 5 aromatic rings. The van der Waals surface area contributed by atoms with E-state index >= 15 is 0 Å². The van der Waals surface area contributed by atoms with Gasteiger partial charge in [0.25, 0.3) is 5.82 Å². The summed E-state index contributed by atoms with van der Waals surface area (Å²) in [7, 11) is 4.05. The Labute approximate surface area is 280 Å². The molecule has 0 saturated heterocycles. The number of aryl methyl sites for hydroxylation is 2. The van der Waals surface area contributed by atoms with E-state index in [0.717, 1.165) is 55.6 Å². The van der Waals surface area contributed by atoms with Gasteiger partial charge < -0.3 is 26.0 Å². The van der Waals surface area contributed by atoms with Gasteiger partial charge >= 0.3 is 5.97 Å². The zero-order chi connectivity index (χ0) is 33.8. The zero-order valence-electron chi connectivity index (χ0n) is 27.5. The number of carbonyl (C=O) groups excluding carboxylic acids is 1. The maximum atomic E-state index is 12.5. The van der Waals surface area contributed by atoms with Crippen LogP contribution in [0.4, 0.5) is 11.4 Å². The highest BCUT2D eigenvalue weighted by Crippen LogP contribution is 2.45. The Balaban J connectivity index is 1.25. The number of nitrogens with two attached hydrogens (primary N) is 1. The maximum Gasteiger partial charge on any atom is 0.307 e. The first-order chi connectivity index (χ1) is 23.2. The number of imidazole rings is 1. The number of nitrogens with one attached hydrogen (secondary N) is 1. The van der Waals surface area contributed by atoms with Gasteiger partial charge in [-0.2, -0.15) is 0 Å². The second kappa shape index (κ2) is 14.0. The molecule has 0 radical (unpaired) electrons. The van der Waals surface area contributed by atoms with Crippen LogP contribution in [0.1, 0.15) is 25.6 Å². The van der Waals surface area contributed by atoms with E-state index in [2.05, 4.69) is 78.9 Å². The lowest BCUT2D eigenvalue weighted by Gasteiger charge is -2.23. The summed E-state index contributed by atoms with van der Waals surface area (Å²) in [5.74, 6) is 0.969. The van der Waals surface area contributed by atoms with Gasteiger partial charge in [-0.3, -0.25) is 9.59 Å². The number of aromatic nitrogens is 2. The minimum atomic E-state index is -0.829. The molecule has 0 spiro atoms. The van der Waals surface area contributed by atoms with Crippen LogP contribution in [-0.2, 0) is 23.2 Å². The molecule has 4 aromatic carbocycles. The van der Waals surface area contributed by atoms with Crippen molar-refractivity contribution in [3.05, 3.63) is 121 Å². The Bertz CT molecular complexity index is 2140. The quantitative estimate of drug-likeness (QED) is 0.0931. The lowest BCUT2D eigenvalue weighted by molar-refractivity contribution is -0.672. The number of nitrogens with zero attached hydrogens (tertiary/aromatic N) is 4. The number of aliphatic carboxylic acids is 1. The predicted molar refractivity (Wildman–Crippen MR) is 194 cm³/mol. The largest absolute Gasteiger partial charge is 0.481 e. The molecule has 1 aromatic heterocycles. The number of fused-ring (bicyclic) bond motifs is 6. The Morgan fingerprint density at radius 3 is 2.29 bits per heavy atom. The number of hydrogen-bond donors (Lipinski definition) is 3. The van der Waals surface area contributed by atoms with Crippen LogP contribution < -0.4 is 25.4 Å².